The van der Waals surface area contributed by atoms with Crippen molar-refractivity contribution < 1.29 is 36.0 Å². The summed E-state index contributed by atoms with van der Waals surface area (Å²) in [6, 6.07) is 12.7. The molecule has 3 aromatic carbocycles. The van der Waals surface area contributed by atoms with Crippen LogP contribution in [-0.4, -0.2) is 32.9 Å². The summed E-state index contributed by atoms with van der Waals surface area (Å²) >= 11 is 0. The number of nitro benzene ring substituents is 1. The molecule has 13 heteroatoms. The molecule has 0 atom stereocenters. The number of hydrogen-bond acceptors (Lipinski definition) is 6. The predicted octanol–water partition coefficient (Wildman–Crippen LogP) is 4.76. The number of methoxy groups -OCH3 is 1. The molecular formula is C23H20F3N3O6S. The third-order valence-corrected chi connectivity index (χ3v) is 6.77. The van der Waals surface area contributed by atoms with Crippen molar-refractivity contribution in [3.8, 4) is 5.75 Å². The molecule has 3 aromatic rings. The number of sulfonamides is 1. The van der Waals surface area contributed by atoms with Crippen LogP contribution < -0.4 is 14.4 Å². The maximum Gasteiger partial charge on any atom is 0.416 e. The molecule has 9 nitrogen and oxygen atoms in total. The van der Waals surface area contributed by atoms with Crippen LogP contribution in [0, 0.1) is 17.0 Å². The van der Waals surface area contributed by atoms with Crippen LogP contribution in [-0.2, 0) is 21.0 Å². The quantitative estimate of drug-likeness (QED) is 0.336. The average Bonchev–Trinajstić information content (AvgIpc) is 2.82. The molecule has 190 valence electrons. The minimum atomic E-state index is -4.77. The van der Waals surface area contributed by atoms with Crippen LogP contribution in [0.5, 0.6) is 5.75 Å². The van der Waals surface area contributed by atoms with Gasteiger partial charge in [-0.2, -0.15) is 13.2 Å². The van der Waals surface area contributed by atoms with E-state index in [-0.39, 0.29) is 22.0 Å². The number of nitrogens with one attached hydrogen (secondary N) is 1. The lowest BCUT2D eigenvalue weighted by atomic mass is 10.2. The van der Waals surface area contributed by atoms with Crippen LogP contribution in [0.1, 0.15) is 11.1 Å². The zero-order valence-electron chi connectivity index (χ0n) is 18.9. The van der Waals surface area contributed by atoms with E-state index in [0.717, 1.165) is 24.3 Å². The van der Waals surface area contributed by atoms with Crippen LogP contribution in [0.2, 0.25) is 0 Å². The minimum absolute atomic E-state index is 0.00345. The third-order valence-electron chi connectivity index (χ3n) is 4.98. The Morgan fingerprint density at radius 1 is 1.08 bits per heavy atom. The van der Waals surface area contributed by atoms with Crippen molar-refractivity contribution in [2.75, 3.05) is 23.3 Å². The van der Waals surface area contributed by atoms with E-state index >= 15 is 0 Å². The van der Waals surface area contributed by atoms with Gasteiger partial charge in [0.2, 0.25) is 5.91 Å². The molecule has 1 N–H and O–H groups in total. The molecule has 1 amide bonds. The molecule has 0 spiro atoms. The Morgan fingerprint density at radius 3 is 2.42 bits per heavy atom. The lowest BCUT2D eigenvalue weighted by Crippen LogP contribution is -2.38. The Morgan fingerprint density at radius 2 is 1.78 bits per heavy atom. The van der Waals surface area contributed by atoms with Crippen LogP contribution in [0.3, 0.4) is 0 Å². The van der Waals surface area contributed by atoms with Crippen molar-refractivity contribution in [1.82, 2.24) is 0 Å². The largest absolute Gasteiger partial charge is 0.495 e. The summed E-state index contributed by atoms with van der Waals surface area (Å²) in [4.78, 5) is 22.8. The van der Waals surface area contributed by atoms with E-state index in [1.807, 2.05) is 0 Å². The van der Waals surface area contributed by atoms with E-state index in [1.165, 1.54) is 37.4 Å². The van der Waals surface area contributed by atoms with Crippen LogP contribution in [0.4, 0.5) is 30.2 Å². The Bertz CT molecular complexity index is 1410. The second kappa shape index (κ2) is 10.2. The number of anilines is 2. The molecule has 0 aliphatic carbocycles. The van der Waals surface area contributed by atoms with Gasteiger partial charge in [-0.1, -0.05) is 18.2 Å². The molecule has 0 saturated carbocycles. The molecule has 3 rings (SSSR count). The number of non-ortho nitro benzene ring substituents is 1. The Kier molecular flexibility index (Phi) is 7.53. The topological polar surface area (TPSA) is 119 Å². The number of aryl methyl sites for hydroxylation is 1. The zero-order chi connectivity index (χ0) is 26.7. The average molecular weight is 523 g/mol. The fraction of sp³-hybridized carbons (Fsp3) is 0.174. The highest BCUT2D eigenvalue weighted by molar-refractivity contribution is 7.93. The van der Waals surface area contributed by atoms with E-state index in [0.29, 0.717) is 15.9 Å². The number of carbonyl (C=O) groups excluding carboxylic acids is 1. The van der Waals surface area contributed by atoms with Gasteiger partial charge in [0.1, 0.15) is 17.2 Å². The highest BCUT2D eigenvalue weighted by Gasteiger charge is 2.34. The first-order valence-corrected chi connectivity index (χ1v) is 11.7. The van der Waals surface area contributed by atoms with E-state index in [1.54, 1.807) is 13.0 Å². The third kappa shape index (κ3) is 5.92. The molecule has 0 unspecified atom stereocenters. The van der Waals surface area contributed by atoms with Crippen molar-refractivity contribution in [2.45, 2.75) is 18.0 Å². The highest BCUT2D eigenvalue weighted by atomic mass is 32.2. The number of rotatable bonds is 8. The van der Waals surface area contributed by atoms with Gasteiger partial charge >= 0.3 is 6.18 Å². The zero-order valence-corrected chi connectivity index (χ0v) is 19.8. The number of alkyl halides is 3. The number of carbonyl (C=O) groups is 1. The van der Waals surface area contributed by atoms with Gasteiger partial charge in [0.05, 0.1) is 23.3 Å². The fourth-order valence-corrected chi connectivity index (χ4v) is 4.94. The van der Waals surface area contributed by atoms with Crippen molar-refractivity contribution in [3.05, 3.63) is 88.0 Å². The van der Waals surface area contributed by atoms with Gasteiger partial charge in [-0.05, 0) is 48.9 Å². The maximum atomic E-state index is 13.7. The van der Waals surface area contributed by atoms with Crippen molar-refractivity contribution in [3.63, 3.8) is 0 Å². The van der Waals surface area contributed by atoms with Crippen molar-refractivity contribution in [2.24, 2.45) is 0 Å². The standard InChI is InChI=1S/C23H20F3N3O6S/c1-15-9-10-20(35-2)21(11-15)36(33,34)28(18-7-3-5-16(12-18)23(24,25)26)14-22(30)27-17-6-4-8-19(13-17)29(31)32/h3-13H,14H2,1-2H3,(H,27,30). The Hall–Kier alpha value is -4.13. The van der Waals surface area contributed by atoms with Crippen molar-refractivity contribution in [1.29, 1.82) is 0 Å². The molecule has 0 heterocycles. The molecule has 0 saturated heterocycles. The molecule has 0 aliphatic heterocycles. The molecule has 0 radical (unpaired) electrons. The maximum absolute atomic E-state index is 13.7. The summed E-state index contributed by atoms with van der Waals surface area (Å²) in [5.74, 6) is -1.01. The van der Waals surface area contributed by atoms with Crippen LogP contribution in [0.15, 0.2) is 71.6 Å². The smallest absolute Gasteiger partial charge is 0.416 e. The first-order chi connectivity index (χ1) is 16.8. The fourth-order valence-electron chi connectivity index (χ4n) is 3.28. The second-order valence-corrected chi connectivity index (χ2v) is 9.40. The monoisotopic (exact) mass is 523 g/mol. The Balaban J connectivity index is 2.07. The SMILES string of the molecule is COc1ccc(C)cc1S(=O)(=O)N(CC(=O)Nc1cccc([N+](=O)[O-])c1)c1cccc(C(F)(F)F)c1. The highest BCUT2D eigenvalue weighted by Crippen LogP contribution is 2.35. The van der Waals surface area contributed by atoms with Gasteiger partial charge < -0.3 is 10.1 Å². The molecule has 36 heavy (non-hydrogen) atoms. The van der Waals surface area contributed by atoms with E-state index in [9.17, 15) is 36.5 Å². The molecule has 0 aromatic heterocycles. The predicted molar refractivity (Wildman–Crippen MR) is 125 cm³/mol. The Labute approximate surface area is 204 Å². The van der Waals surface area contributed by atoms with Crippen LogP contribution in [0.25, 0.3) is 0 Å². The molecule has 0 aliphatic rings. The number of ether oxygens (including phenoxy) is 1. The first kappa shape index (κ1) is 26.5. The van der Waals surface area contributed by atoms with Gasteiger partial charge in [0, 0.05) is 17.8 Å². The normalized spacial score (nSPS) is 11.6. The summed E-state index contributed by atoms with van der Waals surface area (Å²) in [5.41, 5.74) is -1.32. The van der Waals surface area contributed by atoms with E-state index < -0.39 is 44.8 Å². The van der Waals surface area contributed by atoms with Crippen molar-refractivity contribution >= 4 is 33.0 Å². The number of hydrogen-bond donors (Lipinski definition) is 1. The van der Waals surface area contributed by atoms with Gasteiger partial charge in [-0.15, -0.1) is 0 Å². The van der Waals surface area contributed by atoms with Crippen LogP contribution >= 0.6 is 0 Å². The summed E-state index contributed by atoms with van der Waals surface area (Å²) in [6.45, 7) is 0.686. The summed E-state index contributed by atoms with van der Waals surface area (Å²) < 4.78 is 73.0. The van der Waals surface area contributed by atoms with E-state index in [2.05, 4.69) is 5.32 Å². The van der Waals surface area contributed by atoms with E-state index in [4.69, 9.17) is 4.74 Å². The van der Waals surface area contributed by atoms with Gasteiger partial charge in [0.15, 0.2) is 0 Å². The number of benzene rings is 3. The number of amides is 1. The molecule has 0 fully saturated rings. The van der Waals surface area contributed by atoms with Gasteiger partial charge in [-0.3, -0.25) is 19.2 Å². The molecular weight excluding hydrogens is 503 g/mol. The summed E-state index contributed by atoms with van der Waals surface area (Å²) in [5, 5.41) is 13.3. The number of halogens is 3. The number of nitro groups is 1. The number of nitrogens with zero attached hydrogens (tertiary/aromatic N) is 2. The minimum Gasteiger partial charge on any atom is -0.495 e. The summed E-state index contributed by atoms with van der Waals surface area (Å²) in [7, 11) is -3.39. The lowest BCUT2D eigenvalue weighted by Gasteiger charge is -2.26. The molecule has 0 bridgehead atoms. The summed E-state index contributed by atoms with van der Waals surface area (Å²) in [6.07, 6.45) is -4.77. The van der Waals surface area contributed by atoms with Gasteiger partial charge in [-0.25, -0.2) is 8.42 Å². The van der Waals surface area contributed by atoms with Gasteiger partial charge in [0.25, 0.3) is 15.7 Å². The lowest BCUT2D eigenvalue weighted by molar-refractivity contribution is -0.384. The second-order valence-electron chi connectivity index (χ2n) is 7.57. The first-order valence-electron chi connectivity index (χ1n) is 10.2.